The van der Waals surface area contributed by atoms with Crippen molar-refractivity contribution in [3.63, 3.8) is 0 Å². The second-order valence-electron chi connectivity index (χ2n) is 5.07. The van der Waals surface area contributed by atoms with Crippen LogP contribution in [0.3, 0.4) is 0 Å². The fourth-order valence-corrected chi connectivity index (χ4v) is 2.54. The summed E-state index contributed by atoms with van der Waals surface area (Å²) in [5.74, 6) is 0. The van der Waals surface area contributed by atoms with Crippen LogP contribution in [0.5, 0.6) is 0 Å². The van der Waals surface area contributed by atoms with Gasteiger partial charge in [-0.05, 0) is 37.6 Å². The van der Waals surface area contributed by atoms with Crippen LogP contribution < -0.4 is 5.32 Å². The van der Waals surface area contributed by atoms with Gasteiger partial charge in [-0.2, -0.15) is 0 Å². The van der Waals surface area contributed by atoms with Gasteiger partial charge >= 0.3 is 0 Å². The first kappa shape index (κ1) is 12.4. The number of para-hydroxylation sites is 1. The summed E-state index contributed by atoms with van der Waals surface area (Å²) in [5.41, 5.74) is 4.35. The van der Waals surface area contributed by atoms with Crippen LogP contribution in [-0.2, 0) is 13.0 Å². The second kappa shape index (κ2) is 6.06. The van der Waals surface area contributed by atoms with E-state index in [1.165, 1.54) is 49.0 Å². The Balaban J connectivity index is 1.92. The Kier molecular flexibility index (Phi) is 4.43. The van der Waals surface area contributed by atoms with E-state index in [1.807, 2.05) is 0 Å². The molecule has 0 amide bonds. The summed E-state index contributed by atoms with van der Waals surface area (Å²) in [6, 6.07) is 6.70. The first-order valence-electron chi connectivity index (χ1n) is 6.84. The van der Waals surface area contributed by atoms with Gasteiger partial charge in [0.25, 0.3) is 0 Å². The summed E-state index contributed by atoms with van der Waals surface area (Å²) in [4.78, 5) is 2.44. The zero-order valence-electron chi connectivity index (χ0n) is 11.1. The molecule has 1 aromatic carbocycles. The molecule has 0 fully saturated rings. The smallest absolute Gasteiger partial charge is 0.0419 e. The molecule has 2 heteroatoms. The number of benzene rings is 1. The third-order valence-electron chi connectivity index (χ3n) is 3.52. The zero-order valence-corrected chi connectivity index (χ0v) is 11.1. The molecule has 1 heterocycles. The fraction of sp³-hybridized carbons (Fsp3) is 0.600. The number of unbranched alkanes of at least 4 members (excludes halogenated alkanes) is 2. The van der Waals surface area contributed by atoms with Gasteiger partial charge in [-0.25, -0.2) is 0 Å². The molecule has 1 aliphatic heterocycles. The molecule has 17 heavy (non-hydrogen) atoms. The molecule has 0 radical (unpaired) electrons. The Morgan fingerprint density at radius 2 is 2.18 bits per heavy atom. The molecule has 0 spiro atoms. The van der Waals surface area contributed by atoms with Crippen molar-refractivity contribution in [3.05, 3.63) is 29.3 Å². The lowest BCUT2D eigenvalue weighted by Crippen LogP contribution is -2.19. The summed E-state index contributed by atoms with van der Waals surface area (Å²) >= 11 is 0. The molecule has 2 nitrogen and oxygen atoms in total. The number of hydrogen-bond donors (Lipinski definition) is 1. The van der Waals surface area contributed by atoms with Crippen molar-refractivity contribution in [1.29, 1.82) is 0 Å². The predicted molar refractivity (Wildman–Crippen MR) is 74.5 cm³/mol. The average molecular weight is 232 g/mol. The lowest BCUT2D eigenvalue weighted by Gasteiger charge is -2.18. The molecule has 1 N–H and O–H groups in total. The Bertz CT molecular complexity index is 360. The predicted octanol–water partition coefficient (Wildman–Crippen LogP) is 3.28. The van der Waals surface area contributed by atoms with Gasteiger partial charge in [0, 0.05) is 18.8 Å². The molecule has 2 rings (SSSR count). The van der Waals surface area contributed by atoms with E-state index in [0.29, 0.717) is 0 Å². The van der Waals surface area contributed by atoms with Gasteiger partial charge in [-0.1, -0.05) is 38.0 Å². The normalized spacial score (nSPS) is 13.8. The number of anilines is 1. The molecule has 94 valence electrons. The van der Waals surface area contributed by atoms with Crippen molar-refractivity contribution < 1.29 is 0 Å². The minimum atomic E-state index is 1.07. The van der Waals surface area contributed by atoms with Gasteiger partial charge < -0.3 is 10.2 Å². The SMILES string of the molecule is CCCCCN(C)Cc1cccc2c1NCC2. The third-order valence-corrected chi connectivity index (χ3v) is 3.52. The van der Waals surface area contributed by atoms with E-state index < -0.39 is 0 Å². The molecule has 0 saturated heterocycles. The number of rotatable bonds is 6. The standard InChI is InChI=1S/C15H24N2/c1-3-4-5-11-17(2)12-14-8-6-7-13-9-10-16-15(13)14/h6-8,16H,3-5,9-12H2,1-2H3. The molecular formula is C15H24N2. The van der Waals surface area contributed by atoms with Crippen LogP contribution in [0.4, 0.5) is 5.69 Å². The maximum absolute atomic E-state index is 3.51. The summed E-state index contributed by atoms with van der Waals surface area (Å²) in [6.07, 6.45) is 5.14. The van der Waals surface area contributed by atoms with Crippen molar-refractivity contribution in [2.24, 2.45) is 0 Å². The van der Waals surface area contributed by atoms with Crippen molar-refractivity contribution in [2.75, 3.05) is 25.5 Å². The minimum absolute atomic E-state index is 1.07. The van der Waals surface area contributed by atoms with Crippen LogP contribution in [0.1, 0.15) is 37.3 Å². The lowest BCUT2D eigenvalue weighted by atomic mass is 10.1. The van der Waals surface area contributed by atoms with E-state index in [4.69, 9.17) is 0 Å². The Hall–Kier alpha value is -1.02. The van der Waals surface area contributed by atoms with Crippen LogP contribution in [0, 0.1) is 0 Å². The molecule has 0 atom stereocenters. The molecule has 1 aliphatic rings. The maximum atomic E-state index is 3.51. The summed E-state index contributed by atoms with van der Waals surface area (Å²) in [7, 11) is 2.23. The summed E-state index contributed by atoms with van der Waals surface area (Å²) in [6.45, 7) is 5.64. The van der Waals surface area contributed by atoms with E-state index in [0.717, 1.165) is 13.1 Å². The lowest BCUT2D eigenvalue weighted by molar-refractivity contribution is 0.318. The quantitative estimate of drug-likeness (QED) is 0.757. The highest BCUT2D eigenvalue weighted by Gasteiger charge is 2.14. The highest BCUT2D eigenvalue weighted by Crippen LogP contribution is 2.27. The van der Waals surface area contributed by atoms with E-state index >= 15 is 0 Å². The van der Waals surface area contributed by atoms with Gasteiger partial charge in [-0.3, -0.25) is 0 Å². The van der Waals surface area contributed by atoms with E-state index in [9.17, 15) is 0 Å². The van der Waals surface area contributed by atoms with Gasteiger partial charge in [0.05, 0.1) is 0 Å². The van der Waals surface area contributed by atoms with Crippen LogP contribution in [0.25, 0.3) is 0 Å². The molecule has 0 aliphatic carbocycles. The van der Waals surface area contributed by atoms with Gasteiger partial charge in [0.15, 0.2) is 0 Å². The highest BCUT2D eigenvalue weighted by atomic mass is 15.1. The molecule has 0 bridgehead atoms. The van der Waals surface area contributed by atoms with Crippen molar-refractivity contribution in [3.8, 4) is 0 Å². The Labute approximate surface area is 105 Å². The van der Waals surface area contributed by atoms with Crippen LogP contribution in [0.15, 0.2) is 18.2 Å². The van der Waals surface area contributed by atoms with E-state index in [-0.39, 0.29) is 0 Å². The zero-order chi connectivity index (χ0) is 12.1. The largest absolute Gasteiger partial charge is 0.384 e. The summed E-state index contributed by atoms with van der Waals surface area (Å²) < 4.78 is 0. The fourth-order valence-electron chi connectivity index (χ4n) is 2.54. The van der Waals surface area contributed by atoms with Crippen molar-refractivity contribution in [1.82, 2.24) is 4.90 Å². The first-order valence-corrected chi connectivity index (χ1v) is 6.84. The minimum Gasteiger partial charge on any atom is -0.384 e. The second-order valence-corrected chi connectivity index (χ2v) is 5.07. The highest BCUT2D eigenvalue weighted by molar-refractivity contribution is 5.61. The van der Waals surface area contributed by atoms with Crippen LogP contribution in [0.2, 0.25) is 0 Å². The number of hydrogen-bond acceptors (Lipinski definition) is 2. The molecule has 0 unspecified atom stereocenters. The average Bonchev–Trinajstić information content (AvgIpc) is 2.78. The summed E-state index contributed by atoms with van der Waals surface area (Å²) in [5, 5.41) is 3.51. The molecule has 1 aromatic rings. The monoisotopic (exact) mass is 232 g/mol. The molecular weight excluding hydrogens is 208 g/mol. The van der Waals surface area contributed by atoms with Crippen LogP contribution in [-0.4, -0.2) is 25.0 Å². The van der Waals surface area contributed by atoms with Crippen LogP contribution >= 0.6 is 0 Å². The van der Waals surface area contributed by atoms with Crippen molar-refractivity contribution >= 4 is 5.69 Å². The molecule has 0 saturated carbocycles. The van der Waals surface area contributed by atoms with Gasteiger partial charge in [0.1, 0.15) is 0 Å². The molecule has 0 aromatic heterocycles. The number of nitrogens with zero attached hydrogens (tertiary/aromatic N) is 1. The van der Waals surface area contributed by atoms with Gasteiger partial charge in [0.2, 0.25) is 0 Å². The van der Waals surface area contributed by atoms with Gasteiger partial charge in [-0.15, -0.1) is 0 Å². The van der Waals surface area contributed by atoms with E-state index in [2.05, 4.69) is 42.4 Å². The Morgan fingerprint density at radius 1 is 1.29 bits per heavy atom. The number of nitrogens with one attached hydrogen (secondary N) is 1. The Morgan fingerprint density at radius 3 is 3.00 bits per heavy atom. The van der Waals surface area contributed by atoms with E-state index in [1.54, 1.807) is 0 Å². The third kappa shape index (κ3) is 3.22. The number of fused-ring (bicyclic) bond motifs is 1. The van der Waals surface area contributed by atoms with Crippen molar-refractivity contribution in [2.45, 2.75) is 39.2 Å². The topological polar surface area (TPSA) is 15.3 Å². The first-order chi connectivity index (χ1) is 8.31. The maximum Gasteiger partial charge on any atom is 0.0419 e.